The van der Waals surface area contributed by atoms with Crippen LogP contribution >= 0.6 is 0 Å². The maximum atomic E-state index is 12.1. The van der Waals surface area contributed by atoms with Crippen molar-refractivity contribution in [1.82, 2.24) is 5.32 Å². The van der Waals surface area contributed by atoms with Gasteiger partial charge in [-0.25, -0.2) is 4.79 Å². The van der Waals surface area contributed by atoms with E-state index < -0.39 is 6.09 Å². The molecular formula is C22H24N2O3. The Labute approximate surface area is 159 Å². The van der Waals surface area contributed by atoms with E-state index in [1.54, 1.807) is 12.2 Å². The molecule has 0 heterocycles. The van der Waals surface area contributed by atoms with Crippen LogP contribution in [0.1, 0.15) is 31.2 Å². The highest BCUT2D eigenvalue weighted by Crippen LogP contribution is 2.22. The van der Waals surface area contributed by atoms with Crippen molar-refractivity contribution in [3.63, 3.8) is 0 Å². The normalized spacial score (nSPS) is 19.4. The molecule has 0 saturated heterocycles. The first-order valence-corrected chi connectivity index (χ1v) is 9.25. The van der Waals surface area contributed by atoms with Gasteiger partial charge in [0.15, 0.2) is 0 Å². The summed E-state index contributed by atoms with van der Waals surface area (Å²) in [4.78, 5) is 24.2. The average molecular weight is 364 g/mol. The van der Waals surface area contributed by atoms with Crippen molar-refractivity contribution >= 4 is 23.8 Å². The zero-order valence-corrected chi connectivity index (χ0v) is 15.1. The van der Waals surface area contributed by atoms with E-state index in [1.807, 2.05) is 60.7 Å². The molecule has 2 aromatic rings. The number of ether oxygens (including phenoxy) is 1. The number of amides is 2. The predicted octanol–water partition coefficient (Wildman–Crippen LogP) is 4.38. The molecule has 5 nitrogen and oxygen atoms in total. The van der Waals surface area contributed by atoms with Crippen molar-refractivity contribution in [2.24, 2.45) is 0 Å². The first-order valence-electron chi connectivity index (χ1n) is 9.25. The Balaban J connectivity index is 1.45. The molecule has 0 aliphatic heterocycles. The van der Waals surface area contributed by atoms with Crippen LogP contribution in [0, 0.1) is 0 Å². The molecule has 1 aliphatic rings. The van der Waals surface area contributed by atoms with Gasteiger partial charge < -0.3 is 10.1 Å². The molecule has 2 aromatic carbocycles. The quantitative estimate of drug-likeness (QED) is 0.774. The summed E-state index contributed by atoms with van der Waals surface area (Å²) in [5, 5.41) is 5.73. The highest BCUT2D eigenvalue weighted by Gasteiger charge is 2.25. The standard InChI is InChI=1S/C22H24N2O3/c25-21(15-14-17-8-3-1-4-9-17)23-19-12-7-13-20(16-19)27-22(26)24-18-10-5-2-6-11-18/h1-6,8-11,14-15,19-20H,7,12-13,16H2,(H,23,25)(H,24,26)/b15-14+/t19-,20-/m1/s1. The van der Waals surface area contributed by atoms with E-state index in [1.165, 1.54) is 0 Å². The van der Waals surface area contributed by atoms with Crippen LogP contribution in [0.4, 0.5) is 10.5 Å². The molecule has 27 heavy (non-hydrogen) atoms. The van der Waals surface area contributed by atoms with E-state index in [0.29, 0.717) is 12.1 Å². The summed E-state index contributed by atoms with van der Waals surface area (Å²) in [6, 6.07) is 18.9. The minimum absolute atomic E-state index is 0.0150. The maximum Gasteiger partial charge on any atom is 0.411 e. The molecule has 1 aliphatic carbocycles. The van der Waals surface area contributed by atoms with E-state index >= 15 is 0 Å². The fourth-order valence-corrected chi connectivity index (χ4v) is 3.19. The van der Waals surface area contributed by atoms with Crippen molar-refractivity contribution in [2.75, 3.05) is 5.32 Å². The van der Waals surface area contributed by atoms with E-state index in [9.17, 15) is 9.59 Å². The summed E-state index contributed by atoms with van der Waals surface area (Å²) in [5.41, 5.74) is 1.68. The highest BCUT2D eigenvalue weighted by molar-refractivity contribution is 5.91. The monoisotopic (exact) mass is 364 g/mol. The molecular weight excluding hydrogens is 340 g/mol. The third kappa shape index (κ3) is 6.29. The number of anilines is 1. The smallest absolute Gasteiger partial charge is 0.411 e. The molecule has 2 amide bonds. The Kier molecular flexibility index (Phi) is 6.63. The third-order valence-electron chi connectivity index (χ3n) is 4.49. The fourth-order valence-electron chi connectivity index (χ4n) is 3.19. The van der Waals surface area contributed by atoms with Gasteiger partial charge in [-0.15, -0.1) is 0 Å². The molecule has 1 fully saturated rings. The van der Waals surface area contributed by atoms with E-state index in [-0.39, 0.29) is 18.1 Å². The summed E-state index contributed by atoms with van der Waals surface area (Å²) >= 11 is 0. The lowest BCUT2D eigenvalue weighted by Gasteiger charge is -2.29. The lowest BCUT2D eigenvalue weighted by molar-refractivity contribution is -0.117. The Morgan fingerprint density at radius 1 is 0.963 bits per heavy atom. The van der Waals surface area contributed by atoms with Gasteiger partial charge in [0.05, 0.1) is 0 Å². The van der Waals surface area contributed by atoms with Crippen LogP contribution in [0.2, 0.25) is 0 Å². The van der Waals surface area contributed by atoms with Crippen molar-refractivity contribution in [1.29, 1.82) is 0 Å². The van der Waals surface area contributed by atoms with Gasteiger partial charge in [-0.2, -0.15) is 0 Å². The Morgan fingerprint density at radius 2 is 1.67 bits per heavy atom. The number of nitrogens with one attached hydrogen (secondary N) is 2. The van der Waals surface area contributed by atoms with Gasteiger partial charge in [0, 0.05) is 24.2 Å². The van der Waals surface area contributed by atoms with Gasteiger partial charge in [-0.1, -0.05) is 48.5 Å². The van der Waals surface area contributed by atoms with Crippen LogP contribution in [-0.4, -0.2) is 24.1 Å². The zero-order valence-electron chi connectivity index (χ0n) is 15.1. The van der Waals surface area contributed by atoms with Crippen LogP contribution in [0.15, 0.2) is 66.7 Å². The van der Waals surface area contributed by atoms with E-state index in [0.717, 1.165) is 24.8 Å². The second kappa shape index (κ2) is 9.57. The van der Waals surface area contributed by atoms with Crippen LogP contribution < -0.4 is 10.6 Å². The first kappa shape index (κ1) is 18.7. The predicted molar refractivity (Wildman–Crippen MR) is 106 cm³/mol. The molecule has 0 bridgehead atoms. The van der Waals surface area contributed by atoms with E-state index in [2.05, 4.69) is 10.6 Å². The molecule has 0 spiro atoms. The molecule has 2 atom stereocenters. The van der Waals surface area contributed by atoms with Gasteiger partial charge in [0.1, 0.15) is 6.10 Å². The second-order valence-corrected chi connectivity index (χ2v) is 6.63. The van der Waals surface area contributed by atoms with Crippen molar-refractivity contribution in [3.8, 4) is 0 Å². The summed E-state index contributed by atoms with van der Waals surface area (Å²) in [7, 11) is 0. The fraction of sp³-hybridized carbons (Fsp3) is 0.273. The van der Waals surface area contributed by atoms with Crippen molar-refractivity contribution < 1.29 is 14.3 Å². The van der Waals surface area contributed by atoms with Gasteiger partial charge in [-0.3, -0.25) is 10.1 Å². The van der Waals surface area contributed by atoms with Gasteiger partial charge in [0.2, 0.25) is 5.91 Å². The Bertz CT molecular complexity index is 775. The molecule has 140 valence electrons. The summed E-state index contributed by atoms with van der Waals surface area (Å²) in [5.74, 6) is -0.127. The van der Waals surface area contributed by atoms with Crippen LogP contribution in [0.25, 0.3) is 6.08 Å². The number of carbonyl (C=O) groups is 2. The van der Waals surface area contributed by atoms with Crippen LogP contribution in [-0.2, 0) is 9.53 Å². The minimum atomic E-state index is -0.456. The molecule has 0 unspecified atom stereocenters. The lowest BCUT2D eigenvalue weighted by atomic mass is 9.93. The first-order chi connectivity index (χ1) is 13.2. The highest BCUT2D eigenvalue weighted by atomic mass is 16.6. The third-order valence-corrected chi connectivity index (χ3v) is 4.49. The number of rotatable bonds is 5. The molecule has 1 saturated carbocycles. The minimum Gasteiger partial charge on any atom is -0.446 e. The average Bonchev–Trinajstić information content (AvgIpc) is 2.68. The molecule has 0 aromatic heterocycles. The van der Waals surface area contributed by atoms with Crippen molar-refractivity contribution in [2.45, 2.75) is 37.8 Å². The molecule has 3 rings (SSSR count). The van der Waals surface area contributed by atoms with Gasteiger partial charge >= 0.3 is 6.09 Å². The number of hydrogen-bond acceptors (Lipinski definition) is 3. The maximum absolute atomic E-state index is 12.1. The number of carbonyl (C=O) groups excluding carboxylic acids is 2. The largest absolute Gasteiger partial charge is 0.446 e. The summed E-state index contributed by atoms with van der Waals surface area (Å²) in [6.45, 7) is 0. The number of benzene rings is 2. The number of para-hydroxylation sites is 1. The molecule has 2 N–H and O–H groups in total. The van der Waals surface area contributed by atoms with Crippen LogP contribution in [0.3, 0.4) is 0 Å². The second-order valence-electron chi connectivity index (χ2n) is 6.63. The molecule has 5 heteroatoms. The topological polar surface area (TPSA) is 67.4 Å². The zero-order chi connectivity index (χ0) is 18.9. The summed E-state index contributed by atoms with van der Waals surface area (Å²) < 4.78 is 5.52. The summed E-state index contributed by atoms with van der Waals surface area (Å²) in [6.07, 6.45) is 5.94. The Hall–Kier alpha value is -3.08. The van der Waals surface area contributed by atoms with Gasteiger partial charge in [0.25, 0.3) is 0 Å². The molecule has 0 radical (unpaired) electrons. The van der Waals surface area contributed by atoms with Gasteiger partial charge in [-0.05, 0) is 43.0 Å². The van der Waals surface area contributed by atoms with Crippen molar-refractivity contribution in [3.05, 3.63) is 72.3 Å². The number of hydrogen-bond donors (Lipinski definition) is 2. The lowest BCUT2D eigenvalue weighted by Crippen LogP contribution is -2.40. The van der Waals surface area contributed by atoms with Crippen LogP contribution in [0.5, 0.6) is 0 Å². The Morgan fingerprint density at radius 3 is 2.41 bits per heavy atom. The SMILES string of the molecule is O=C(/C=C/c1ccccc1)N[C@@H]1CCC[C@@H](OC(=O)Nc2ccccc2)C1. The van der Waals surface area contributed by atoms with E-state index in [4.69, 9.17) is 4.74 Å².